The van der Waals surface area contributed by atoms with Crippen molar-refractivity contribution in [3.05, 3.63) is 41.2 Å². The van der Waals surface area contributed by atoms with E-state index in [1.165, 1.54) is 0 Å². The van der Waals surface area contributed by atoms with Gasteiger partial charge >= 0.3 is 0 Å². The Bertz CT molecular complexity index is 672. The van der Waals surface area contributed by atoms with Gasteiger partial charge in [-0.2, -0.15) is 0 Å². The maximum absolute atomic E-state index is 9.91. The molecule has 1 aromatic carbocycles. The van der Waals surface area contributed by atoms with Gasteiger partial charge in [-0.25, -0.2) is 4.98 Å². The highest BCUT2D eigenvalue weighted by molar-refractivity contribution is 6.35. The highest BCUT2D eigenvalue weighted by Gasteiger charge is 2.19. The summed E-state index contributed by atoms with van der Waals surface area (Å²) in [4.78, 5) is 4.39. The number of piperidine rings is 1. The van der Waals surface area contributed by atoms with Crippen LogP contribution in [0, 0.1) is 6.92 Å². The van der Waals surface area contributed by atoms with E-state index in [2.05, 4.69) is 20.9 Å². The molecule has 2 N–H and O–H groups in total. The first-order valence-electron chi connectivity index (χ1n) is 7.35. The van der Waals surface area contributed by atoms with Crippen molar-refractivity contribution in [2.75, 3.05) is 6.54 Å². The molecule has 0 radical (unpaired) electrons. The number of aromatic nitrogens is 2. The first-order valence-corrected chi connectivity index (χ1v) is 7.72. The second-order valence-corrected chi connectivity index (χ2v) is 5.96. The zero-order valence-corrected chi connectivity index (χ0v) is 15.3. The number of nitrogens with zero attached hydrogens (tertiary/aromatic N) is 2. The Morgan fingerprint density at radius 2 is 2.22 bits per heavy atom. The van der Waals surface area contributed by atoms with Crippen LogP contribution in [0.1, 0.15) is 18.4 Å². The molecule has 4 nitrogen and oxygen atoms in total. The first-order chi connectivity index (χ1) is 10.2. The zero-order chi connectivity index (χ0) is 14.8. The molecule has 1 saturated heterocycles. The first kappa shape index (κ1) is 20.3. The van der Waals surface area contributed by atoms with E-state index in [0.29, 0.717) is 0 Å². The molecule has 0 unspecified atom stereocenters. The average Bonchev–Trinajstić information content (AvgIpc) is 2.89. The smallest absolute Gasteiger partial charge is 0.107 e. The molecule has 1 aliphatic rings. The minimum absolute atomic E-state index is 0. The molecule has 2 aromatic rings. The summed E-state index contributed by atoms with van der Waals surface area (Å²) in [5.74, 6) is 0. The standard InChI is InChI=1S/C16H20ClN3O.2ClH/c1-11-6-7-13-16(15(11)17)19-10-20(13)9-3-4-12-14(21)5-2-8-18-12;;/h3-4,6-7,10,12,14,18,21H,2,5,8-9H2,1H3;2*1H/b4-3+;;/t12-,14+;;/m1../s1. The second kappa shape index (κ2) is 8.90. The number of aliphatic hydroxyl groups is 1. The van der Waals surface area contributed by atoms with Crippen LogP contribution in [0.15, 0.2) is 30.6 Å². The lowest BCUT2D eigenvalue weighted by Gasteiger charge is -2.26. The third-order valence-corrected chi connectivity index (χ3v) is 4.52. The molecule has 0 aliphatic carbocycles. The quantitative estimate of drug-likeness (QED) is 0.804. The van der Waals surface area contributed by atoms with Crippen molar-refractivity contribution in [1.29, 1.82) is 0 Å². The van der Waals surface area contributed by atoms with Gasteiger partial charge in [-0.3, -0.25) is 0 Å². The Labute approximate surface area is 153 Å². The second-order valence-electron chi connectivity index (χ2n) is 5.58. The van der Waals surface area contributed by atoms with E-state index in [1.54, 1.807) is 0 Å². The molecule has 0 spiro atoms. The fraction of sp³-hybridized carbons (Fsp3) is 0.438. The number of aryl methyl sites for hydroxylation is 1. The topological polar surface area (TPSA) is 50.1 Å². The van der Waals surface area contributed by atoms with Crippen molar-refractivity contribution in [3.8, 4) is 0 Å². The maximum atomic E-state index is 9.91. The van der Waals surface area contributed by atoms with E-state index in [-0.39, 0.29) is 37.0 Å². The average molecular weight is 379 g/mol. The summed E-state index contributed by atoms with van der Waals surface area (Å²) in [6.07, 6.45) is 7.55. The summed E-state index contributed by atoms with van der Waals surface area (Å²) >= 11 is 6.28. The van der Waals surface area contributed by atoms with E-state index in [0.717, 1.165) is 47.6 Å². The minimum atomic E-state index is -0.286. The third-order valence-electron chi connectivity index (χ3n) is 4.04. The Morgan fingerprint density at radius 1 is 1.43 bits per heavy atom. The van der Waals surface area contributed by atoms with E-state index < -0.39 is 0 Å². The van der Waals surface area contributed by atoms with Gasteiger partial charge in [-0.05, 0) is 37.9 Å². The lowest BCUT2D eigenvalue weighted by Crippen LogP contribution is -2.43. The molecule has 23 heavy (non-hydrogen) atoms. The van der Waals surface area contributed by atoms with Gasteiger partial charge in [0.1, 0.15) is 5.52 Å². The maximum Gasteiger partial charge on any atom is 0.107 e. The van der Waals surface area contributed by atoms with Crippen LogP contribution >= 0.6 is 36.4 Å². The number of halogens is 3. The van der Waals surface area contributed by atoms with E-state index >= 15 is 0 Å². The van der Waals surface area contributed by atoms with Crippen molar-refractivity contribution in [1.82, 2.24) is 14.9 Å². The Balaban J connectivity index is 0.00000132. The molecule has 0 amide bonds. The van der Waals surface area contributed by atoms with Crippen molar-refractivity contribution < 1.29 is 5.11 Å². The summed E-state index contributed by atoms with van der Waals surface area (Å²) < 4.78 is 2.06. The van der Waals surface area contributed by atoms with Gasteiger partial charge in [0, 0.05) is 6.54 Å². The molecular weight excluding hydrogens is 357 g/mol. The predicted octanol–water partition coefficient (Wildman–Crippen LogP) is 3.51. The van der Waals surface area contributed by atoms with Crippen molar-refractivity contribution in [2.45, 2.75) is 38.5 Å². The van der Waals surface area contributed by atoms with Crippen LogP contribution < -0.4 is 5.32 Å². The molecule has 0 bridgehead atoms. The number of fused-ring (bicyclic) bond motifs is 1. The Morgan fingerprint density at radius 3 is 2.96 bits per heavy atom. The molecule has 1 aromatic heterocycles. The Kier molecular flexibility index (Phi) is 7.84. The SMILES string of the molecule is Cc1ccc2c(ncn2C/C=C/[C@H]2NCCC[C@@H]2O)c1Cl.Cl.Cl. The van der Waals surface area contributed by atoms with Crippen LogP contribution in [0.4, 0.5) is 0 Å². The summed E-state index contributed by atoms with van der Waals surface area (Å²) in [5, 5.41) is 14.0. The van der Waals surface area contributed by atoms with Gasteiger partial charge in [0.2, 0.25) is 0 Å². The summed E-state index contributed by atoms with van der Waals surface area (Å²) in [7, 11) is 0. The molecule has 1 fully saturated rings. The van der Waals surface area contributed by atoms with Gasteiger partial charge < -0.3 is 15.0 Å². The third kappa shape index (κ3) is 4.40. The van der Waals surface area contributed by atoms with Crippen LogP contribution in [-0.4, -0.2) is 33.3 Å². The highest BCUT2D eigenvalue weighted by atomic mass is 35.5. The fourth-order valence-corrected chi connectivity index (χ4v) is 2.97. The van der Waals surface area contributed by atoms with Gasteiger partial charge in [0.25, 0.3) is 0 Å². The van der Waals surface area contributed by atoms with Crippen LogP contribution in [0.2, 0.25) is 5.02 Å². The number of rotatable bonds is 3. The predicted molar refractivity (Wildman–Crippen MR) is 100 cm³/mol. The molecule has 7 heteroatoms. The molecule has 1 aliphatic heterocycles. The number of aliphatic hydroxyl groups excluding tert-OH is 1. The summed E-state index contributed by atoms with van der Waals surface area (Å²) in [5.41, 5.74) is 2.92. The number of nitrogens with one attached hydrogen (secondary N) is 1. The van der Waals surface area contributed by atoms with Gasteiger partial charge in [-0.1, -0.05) is 29.8 Å². The zero-order valence-electron chi connectivity index (χ0n) is 12.9. The van der Waals surface area contributed by atoms with Crippen LogP contribution in [-0.2, 0) is 6.54 Å². The van der Waals surface area contributed by atoms with E-state index in [1.807, 2.05) is 31.5 Å². The van der Waals surface area contributed by atoms with Crippen LogP contribution in [0.5, 0.6) is 0 Å². The molecule has 2 atom stereocenters. The lowest BCUT2D eigenvalue weighted by molar-refractivity contribution is 0.115. The normalized spacial score (nSPS) is 21.2. The fourth-order valence-electron chi connectivity index (χ4n) is 2.76. The lowest BCUT2D eigenvalue weighted by atomic mass is 10.0. The number of hydrogen-bond acceptors (Lipinski definition) is 3. The van der Waals surface area contributed by atoms with Gasteiger partial charge in [0.15, 0.2) is 0 Å². The van der Waals surface area contributed by atoms with Crippen molar-refractivity contribution in [3.63, 3.8) is 0 Å². The largest absolute Gasteiger partial charge is 0.391 e. The number of allylic oxidation sites excluding steroid dienone is 1. The Hall–Kier alpha value is -0.780. The van der Waals surface area contributed by atoms with E-state index in [9.17, 15) is 5.11 Å². The number of hydrogen-bond donors (Lipinski definition) is 2. The highest BCUT2D eigenvalue weighted by Crippen LogP contribution is 2.25. The number of benzene rings is 1. The monoisotopic (exact) mass is 377 g/mol. The minimum Gasteiger partial charge on any atom is -0.391 e. The van der Waals surface area contributed by atoms with Gasteiger partial charge in [-0.15, -0.1) is 24.8 Å². The van der Waals surface area contributed by atoms with Crippen LogP contribution in [0.25, 0.3) is 11.0 Å². The molecule has 0 saturated carbocycles. The summed E-state index contributed by atoms with van der Waals surface area (Å²) in [6, 6.07) is 4.11. The van der Waals surface area contributed by atoms with Gasteiger partial charge in [0.05, 0.1) is 29.0 Å². The van der Waals surface area contributed by atoms with Crippen molar-refractivity contribution in [2.24, 2.45) is 0 Å². The van der Waals surface area contributed by atoms with E-state index in [4.69, 9.17) is 11.6 Å². The van der Waals surface area contributed by atoms with Crippen molar-refractivity contribution >= 4 is 47.4 Å². The molecule has 3 rings (SSSR count). The molecular formula is C16H22Cl3N3O. The number of imidazole rings is 1. The summed E-state index contributed by atoms with van der Waals surface area (Å²) in [6.45, 7) is 3.67. The van der Waals surface area contributed by atoms with Crippen LogP contribution in [0.3, 0.4) is 0 Å². The molecule has 2 heterocycles. The molecule has 128 valence electrons.